The van der Waals surface area contributed by atoms with E-state index in [0.717, 1.165) is 5.39 Å². The highest BCUT2D eigenvalue weighted by atomic mass is 19.1. The zero-order valence-corrected chi connectivity index (χ0v) is 6.92. The van der Waals surface area contributed by atoms with Crippen LogP contribution >= 0.6 is 0 Å². The zero-order chi connectivity index (χ0) is 9.42. The molecule has 0 heterocycles. The van der Waals surface area contributed by atoms with Gasteiger partial charge in [-0.15, -0.1) is 0 Å². The third kappa shape index (κ3) is 1.18. The normalized spacial score (nSPS) is 10.5. The summed E-state index contributed by atoms with van der Waals surface area (Å²) in [4.78, 5) is 0. The van der Waals surface area contributed by atoms with Crippen LogP contribution in [0.15, 0.2) is 30.3 Å². The minimum atomic E-state index is -0.398. The molecule has 0 bridgehead atoms. The van der Waals surface area contributed by atoms with Gasteiger partial charge in [-0.05, 0) is 23.6 Å². The van der Waals surface area contributed by atoms with Crippen molar-refractivity contribution >= 4 is 22.1 Å². The Hall–Kier alpha value is -1.77. The van der Waals surface area contributed by atoms with Crippen molar-refractivity contribution in [2.75, 3.05) is 11.5 Å². The monoisotopic (exact) mass is 176 g/mol. The molecule has 2 nitrogen and oxygen atoms in total. The van der Waals surface area contributed by atoms with Crippen LogP contribution in [0.2, 0.25) is 0 Å². The Morgan fingerprint density at radius 2 is 1.69 bits per heavy atom. The van der Waals surface area contributed by atoms with Gasteiger partial charge >= 0.3 is 0 Å². The van der Waals surface area contributed by atoms with Gasteiger partial charge in [0.25, 0.3) is 0 Å². The highest BCUT2D eigenvalue weighted by molar-refractivity contribution is 5.88. The maximum atomic E-state index is 13.4. The minimum absolute atomic E-state index is 0.151. The summed E-state index contributed by atoms with van der Waals surface area (Å²) in [7, 11) is 0. The van der Waals surface area contributed by atoms with Crippen molar-refractivity contribution in [1.29, 1.82) is 0 Å². The molecule has 0 aliphatic carbocycles. The lowest BCUT2D eigenvalue weighted by molar-refractivity contribution is 0.644. The lowest BCUT2D eigenvalue weighted by Gasteiger charge is -2.02. The number of nitrogen functional groups attached to an aromatic ring is 2. The maximum absolute atomic E-state index is 13.4. The van der Waals surface area contributed by atoms with Crippen LogP contribution in [0.25, 0.3) is 10.8 Å². The number of benzene rings is 2. The van der Waals surface area contributed by atoms with Gasteiger partial charge in [-0.3, -0.25) is 0 Å². The average Bonchev–Trinajstić information content (AvgIpc) is 2.12. The van der Waals surface area contributed by atoms with Crippen LogP contribution in [0.1, 0.15) is 0 Å². The van der Waals surface area contributed by atoms with Crippen LogP contribution in [-0.2, 0) is 0 Å². The van der Waals surface area contributed by atoms with Gasteiger partial charge in [-0.2, -0.15) is 0 Å². The lowest BCUT2D eigenvalue weighted by atomic mass is 10.1. The summed E-state index contributed by atoms with van der Waals surface area (Å²) < 4.78 is 13.4. The fourth-order valence-electron chi connectivity index (χ4n) is 1.32. The molecule has 0 aliphatic heterocycles. The molecule has 0 saturated carbocycles. The second-order valence-electron chi connectivity index (χ2n) is 2.95. The van der Waals surface area contributed by atoms with Crippen molar-refractivity contribution in [2.45, 2.75) is 0 Å². The molecule has 0 aromatic heterocycles. The van der Waals surface area contributed by atoms with Crippen LogP contribution in [0.3, 0.4) is 0 Å². The fraction of sp³-hybridized carbons (Fsp3) is 0. The highest BCUT2D eigenvalue weighted by Crippen LogP contribution is 2.24. The number of hydrogen-bond acceptors (Lipinski definition) is 2. The summed E-state index contributed by atoms with van der Waals surface area (Å²) in [5.41, 5.74) is 11.6. The third-order valence-electron chi connectivity index (χ3n) is 2.01. The molecule has 2 aromatic rings. The van der Waals surface area contributed by atoms with Crippen molar-refractivity contribution in [3.05, 3.63) is 36.1 Å². The quantitative estimate of drug-likeness (QED) is 0.604. The lowest BCUT2D eigenvalue weighted by Crippen LogP contribution is -1.92. The Kier molecular flexibility index (Phi) is 1.59. The van der Waals surface area contributed by atoms with Crippen molar-refractivity contribution < 1.29 is 4.39 Å². The van der Waals surface area contributed by atoms with E-state index in [9.17, 15) is 4.39 Å². The molecule has 2 rings (SSSR count). The van der Waals surface area contributed by atoms with Crippen LogP contribution in [-0.4, -0.2) is 0 Å². The van der Waals surface area contributed by atoms with Gasteiger partial charge in [0.05, 0.1) is 5.69 Å². The predicted molar refractivity (Wildman–Crippen MR) is 52.7 cm³/mol. The standard InChI is InChI=1S/C10H9FN2/c11-10-8-5-7(12)3-1-6(8)2-4-9(10)13/h1-5H,12-13H2. The van der Waals surface area contributed by atoms with Gasteiger partial charge in [0.2, 0.25) is 0 Å². The number of fused-ring (bicyclic) bond motifs is 1. The van der Waals surface area contributed by atoms with Crippen molar-refractivity contribution in [1.82, 2.24) is 0 Å². The van der Waals surface area contributed by atoms with E-state index in [-0.39, 0.29) is 5.69 Å². The molecule has 0 aliphatic rings. The largest absolute Gasteiger partial charge is 0.399 e. The van der Waals surface area contributed by atoms with E-state index >= 15 is 0 Å². The van der Waals surface area contributed by atoms with Crippen molar-refractivity contribution in [2.24, 2.45) is 0 Å². The van der Waals surface area contributed by atoms with E-state index in [1.54, 1.807) is 30.3 Å². The van der Waals surface area contributed by atoms with E-state index in [2.05, 4.69) is 0 Å². The van der Waals surface area contributed by atoms with E-state index in [4.69, 9.17) is 11.5 Å². The van der Waals surface area contributed by atoms with Crippen LogP contribution in [0.5, 0.6) is 0 Å². The first kappa shape index (κ1) is 7.86. The van der Waals surface area contributed by atoms with Gasteiger partial charge in [-0.1, -0.05) is 12.1 Å². The predicted octanol–water partition coefficient (Wildman–Crippen LogP) is 2.14. The molecule has 4 N–H and O–H groups in total. The second kappa shape index (κ2) is 2.62. The van der Waals surface area contributed by atoms with Gasteiger partial charge in [0, 0.05) is 11.1 Å². The molecular weight excluding hydrogens is 167 g/mol. The third-order valence-corrected chi connectivity index (χ3v) is 2.01. The number of anilines is 2. The number of halogens is 1. The maximum Gasteiger partial charge on any atom is 0.153 e. The van der Waals surface area contributed by atoms with Gasteiger partial charge < -0.3 is 11.5 Å². The molecule has 0 saturated heterocycles. The fourth-order valence-corrected chi connectivity index (χ4v) is 1.32. The van der Waals surface area contributed by atoms with Crippen LogP contribution < -0.4 is 11.5 Å². The topological polar surface area (TPSA) is 52.0 Å². The number of hydrogen-bond donors (Lipinski definition) is 2. The summed E-state index contributed by atoms with van der Waals surface area (Å²) in [5, 5.41) is 1.28. The first-order valence-electron chi connectivity index (χ1n) is 3.92. The number of rotatable bonds is 0. The molecule has 0 amide bonds. The molecular formula is C10H9FN2. The summed E-state index contributed by atoms with van der Waals surface area (Å²) in [5.74, 6) is -0.398. The molecule has 13 heavy (non-hydrogen) atoms. The summed E-state index contributed by atoms with van der Waals surface area (Å²) >= 11 is 0. The summed E-state index contributed by atoms with van der Waals surface area (Å²) in [6.45, 7) is 0. The summed E-state index contributed by atoms with van der Waals surface area (Å²) in [6, 6.07) is 8.41. The van der Waals surface area contributed by atoms with Crippen LogP contribution in [0.4, 0.5) is 15.8 Å². The highest BCUT2D eigenvalue weighted by Gasteiger charge is 2.03. The van der Waals surface area contributed by atoms with E-state index in [0.29, 0.717) is 11.1 Å². The Bertz CT molecular complexity index is 460. The van der Waals surface area contributed by atoms with E-state index < -0.39 is 5.82 Å². The molecule has 0 spiro atoms. The molecule has 0 unspecified atom stereocenters. The van der Waals surface area contributed by atoms with E-state index in [1.807, 2.05) is 0 Å². The number of nitrogens with two attached hydrogens (primary N) is 2. The van der Waals surface area contributed by atoms with Crippen LogP contribution in [0, 0.1) is 5.82 Å². The Labute approximate surface area is 75.0 Å². The average molecular weight is 176 g/mol. The SMILES string of the molecule is Nc1ccc2ccc(N)c(F)c2c1. The van der Waals surface area contributed by atoms with Gasteiger partial charge in [-0.25, -0.2) is 4.39 Å². The first-order valence-corrected chi connectivity index (χ1v) is 3.92. The first-order chi connectivity index (χ1) is 6.18. The molecule has 2 aromatic carbocycles. The smallest absolute Gasteiger partial charge is 0.153 e. The van der Waals surface area contributed by atoms with Gasteiger partial charge in [0.1, 0.15) is 0 Å². The van der Waals surface area contributed by atoms with Crippen molar-refractivity contribution in [3.8, 4) is 0 Å². The minimum Gasteiger partial charge on any atom is -0.399 e. The Morgan fingerprint density at radius 1 is 1.00 bits per heavy atom. The molecule has 3 heteroatoms. The second-order valence-corrected chi connectivity index (χ2v) is 2.95. The molecule has 0 atom stereocenters. The van der Waals surface area contributed by atoms with E-state index in [1.165, 1.54) is 0 Å². The Balaban J connectivity index is 2.89. The molecule has 0 fully saturated rings. The molecule has 66 valence electrons. The van der Waals surface area contributed by atoms with Gasteiger partial charge in [0.15, 0.2) is 5.82 Å². The Morgan fingerprint density at radius 3 is 2.46 bits per heavy atom. The summed E-state index contributed by atoms with van der Waals surface area (Å²) in [6.07, 6.45) is 0. The zero-order valence-electron chi connectivity index (χ0n) is 6.92. The molecule has 0 radical (unpaired) electrons. The van der Waals surface area contributed by atoms with Crippen molar-refractivity contribution in [3.63, 3.8) is 0 Å².